The van der Waals surface area contributed by atoms with E-state index in [9.17, 15) is 9.90 Å². The lowest BCUT2D eigenvalue weighted by atomic mass is 9.95. The van der Waals surface area contributed by atoms with Crippen LogP contribution in [0.4, 0.5) is 5.69 Å². The first-order valence-electron chi connectivity index (χ1n) is 6.25. The fourth-order valence-electron chi connectivity index (χ4n) is 1.31. The van der Waals surface area contributed by atoms with Gasteiger partial charge < -0.3 is 20.5 Å². The molecule has 0 fully saturated rings. The average molecular weight is 266 g/mol. The van der Waals surface area contributed by atoms with Gasteiger partial charge >= 0.3 is 0 Å². The highest BCUT2D eigenvalue weighted by Gasteiger charge is 2.15. The van der Waals surface area contributed by atoms with Crippen molar-refractivity contribution in [1.29, 1.82) is 0 Å². The number of aliphatic hydroxyl groups excluding tert-OH is 1. The van der Waals surface area contributed by atoms with Crippen molar-refractivity contribution < 1.29 is 14.6 Å². The molecule has 0 bridgehead atoms. The number of anilines is 1. The lowest BCUT2D eigenvalue weighted by molar-refractivity contribution is -0.122. The van der Waals surface area contributed by atoms with Gasteiger partial charge in [-0.3, -0.25) is 4.79 Å². The highest BCUT2D eigenvalue weighted by molar-refractivity contribution is 5.77. The van der Waals surface area contributed by atoms with Crippen molar-refractivity contribution in [3.8, 4) is 5.75 Å². The SMILES string of the molecule is CNC(=O)COc1cccc(NCC(C)(C)CO)c1. The van der Waals surface area contributed by atoms with Gasteiger partial charge in [-0.15, -0.1) is 0 Å². The molecular formula is C14H22N2O3. The predicted octanol–water partition coefficient (Wildman–Crippen LogP) is 1.24. The zero-order valence-electron chi connectivity index (χ0n) is 11.7. The number of benzene rings is 1. The van der Waals surface area contributed by atoms with Crippen LogP contribution in [0.25, 0.3) is 0 Å². The van der Waals surface area contributed by atoms with E-state index in [4.69, 9.17) is 4.74 Å². The molecule has 1 aromatic carbocycles. The Bertz CT molecular complexity index is 419. The lowest BCUT2D eigenvalue weighted by Crippen LogP contribution is -2.26. The van der Waals surface area contributed by atoms with Crippen LogP contribution in [0.15, 0.2) is 24.3 Å². The van der Waals surface area contributed by atoms with E-state index < -0.39 is 0 Å². The Morgan fingerprint density at radius 2 is 2.16 bits per heavy atom. The molecule has 0 aliphatic heterocycles. The Morgan fingerprint density at radius 3 is 2.79 bits per heavy atom. The van der Waals surface area contributed by atoms with Gasteiger partial charge in [-0.1, -0.05) is 19.9 Å². The monoisotopic (exact) mass is 266 g/mol. The summed E-state index contributed by atoms with van der Waals surface area (Å²) in [5.41, 5.74) is 0.717. The molecule has 0 saturated carbocycles. The van der Waals surface area contributed by atoms with Crippen LogP contribution in [0, 0.1) is 5.41 Å². The second-order valence-corrected chi connectivity index (χ2v) is 5.17. The Morgan fingerprint density at radius 1 is 1.42 bits per heavy atom. The zero-order valence-corrected chi connectivity index (χ0v) is 11.7. The molecule has 0 saturated heterocycles. The van der Waals surface area contributed by atoms with Gasteiger partial charge in [0.05, 0.1) is 0 Å². The molecule has 0 atom stereocenters. The quantitative estimate of drug-likeness (QED) is 0.694. The van der Waals surface area contributed by atoms with Crippen LogP contribution >= 0.6 is 0 Å². The minimum Gasteiger partial charge on any atom is -0.484 e. The fraction of sp³-hybridized carbons (Fsp3) is 0.500. The molecule has 0 radical (unpaired) electrons. The lowest BCUT2D eigenvalue weighted by Gasteiger charge is -2.22. The van der Waals surface area contributed by atoms with Gasteiger partial charge in [-0.25, -0.2) is 0 Å². The topological polar surface area (TPSA) is 70.6 Å². The summed E-state index contributed by atoms with van der Waals surface area (Å²) in [6.07, 6.45) is 0. The number of amides is 1. The van der Waals surface area contributed by atoms with Crippen molar-refractivity contribution in [3.63, 3.8) is 0 Å². The molecule has 0 aliphatic carbocycles. The van der Waals surface area contributed by atoms with Crippen LogP contribution in [0.2, 0.25) is 0 Å². The van der Waals surface area contributed by atoms with Crippen molar-refractivity contribution in [1.82, 2.24) is 5.32 Å². The van der Waals surface area contributed by atoms with E-state index in [1.165, 1.54) is 0 Å². The summed E-state index contributed by atoms with van der Waals surface area (Å²) in [5, 5.41) is 14.9. The number of hydrogen-bond acceptors (Lipinski definition) is 4. The molecule has 0 heterocycles. The molecule has 106 valence electrons. The van der Waals surface area contributed by atoms with E-state index in [-0.39, 0.29) is 24.5 Å². The maximum absolute atomic E-state index is 11.1. The van der Waals surface area contributed by atoms with Crippen LogP contribution in [0.1, 0.15) is 13.8 Å². The maximum atomic E-state index is 11.1. The molecule has 3 N–H and O–H groups in total. The van der Waals surface area contributed by atoms with Crippen LogP contribution in [-0.2, 0) is 4.79 Å². The first kappa shape index (κ1) is 15.3. The summed E-state index contributed by atoms with van der Waals surface area (Å²) < 4.78 is 5.36. The number of ether oxygens (including phenoxy) is 1. The van der Waals surface area contributed by atoms with Crippen molar-refractivity contribution in [2.45, 2.75) is 13.8 Å². The molecular weight excluding hydrogens is 244 g/mol. The molecule has 5 nitrogen and oxygen atoms in total. The smallest absolute Gasteiger partial charge is 0.257 e. The molecule has 0 unspecified atom stereocenters. The standard InChI is InChI=1S/C14H22N2O3/c1-14(2,10-17)9-16-11-5-4-6-12(7-11)19-8-13(18)15-3/h4-7,16-17H,8-10H2,1-3H3,(H,15,18). The summed E-state index contributed by atoms with van der Waals surface area (Å²) in [4.78, 5) is 11.1. The van der Waals surface area contributed by atoms with Crippen molar-refractivity contribution in [3.05, 3.63) is 24.3 Å². The molecule has 5 heteroatoms. The largest absolute Gasteiger partial charge is 0.484 e. The fourth-order valence-corrected chi connectivity index (χ4v) is 1.31. The third-order valence-corrected chi connectivity index (χ3v) is 2.68. The van der Waals surface area contributed by atoms with Gasteiger partial charge in [0.15, 0.2) is 6.61 Å². The van der Waals surface area contributed by atoms with E-state index in [1.54, 1.807) is 13.1 Å². The van der Waals surface area contributed by atoms with E-state index >= 15 is 0 Å². The first-order chi connectivity index (χ1) is 8.96. The number of hydrogen-bond donors (Lipinski definition) is 3. The molecule has 1 aromatic rings. The van der Waals surface area contributed by atoms with Crippen molar-refractivity contribution >= 4 is 11.6 Å². The molecule has 1 rings (SSSR count). The second kappa shape index (κ2) is 6.99. The number of carbonyl (C=O) groups excluding carboxylic acids is 1. The van der Waals surface area contributed by atoms with Gasteiger partial charge in [-0.05, 0) is 12.1 Å². The normalized spacial score (nSPS) is 10.9. The van der Waals surface area contributed by atoms with Gasteiger partial charge in [0, 0.05) is 37.4 Å². The summed E-state index contributed by atoms with van der Waals surface area (Å²) in [5.74, 6) is 0.468. The maximum Gasteiger partial charge on any atom is 0.257 e. The average Bonchev–Trinajstić information content (AvgIpc) is 2.43. The zero-order chi connectivity index (χ0) is 14.3. The molecule has 1 amide bonds. The number of likely N-dealkylation sites (N-methyl/N-ethyl adjacent to an activating group) is 1. The summed E-state index contributed by atoms with van der Waals surface area (Å²) in [7, 11) is 1.57. The number of aliphatic hydroxyl groups is 1. The highest BCUT2D eigenvalue weighted by Crippen LogP contribution is 2.20. The van der Waals surface area contributed by atoms with Crippen LogP contribution in [0.3, 0.4) is 0 Å². The van der Waals surface area contributed by atoms with Gasteiger partial charge in [0.2, 0.25) is 0 Å². The molecule has 0 spiro atoms. The minimum atomic E-state index is -0.182. The van der Waals surface area contributed by atoms with Crippen molar-refractivity contribution in [2.24, 2.45) is 5.41 Å². The van der Waals surface area contributed by atoms with Crippen LogP contribution < -0.4 is 15.4 Å². The first-order valence-corrected chi connectivity index (χ1v) is 6.25. The molecule has 0 aromatic heterocycles. The number of carbonyl (C=O) groups is 1. The summed E-state index contributed by atoms with van der Waals surface area (Å²) in [6, 6.07) is 7.40. The molecule has 0 aliphatic rings. The van der Waals surface area contributed by atoms with Gasteiger partial charge in [-0.2, -0.15) is 0 Å². The third-order valence-electron chi connectivity index (χ3n) is 2.68. The third kappa shape index (κ3) is 5.61. The highest BCUT2D eigenvalue weighted by atomic mass is 16.5. The molecule has 19 heavy (non-hydrogen) atoms. The number of nitrogens with one attached hydrogen (secondary N) is 2. The van der Waals surface area contributed by atoms with E-state index in [2.05, 4.69) is 10.6 Å². The predicted molar refractivity (Wildman–Crippen MR) is 75.4 cm³/mol. The van der Waals surface area contributed by atoms with E-state index in [0.29, 0.717) is 12.3 Å². The Balaban J connectivity index is 2.54. The second-order valence-electron chi connectivity index (χ2n) is 5.17. The van der Waals surface area contributed by atoms with Crippen LogP contribution in [-0.4, -0.2) is 37.8 Å². The summed E-state index contributed by atoms with van der Waals surface area (Å²) >= 11 is 0. The Hall–Kier alpha value is -1.75. The number of rotatable bonds is 7. The Kier molecular flexibility index (Phi) is 5.63. The summed E-state index contributed by atoms with van der Waals surface area (Å²) in [6.45, 7) is 4.73. The van der Waals surface area contributed by atoms with Gasteiger partial charge in [0.1, 0.15) is 5.75 Å². The van der Waals surface area contributed by atoms with Crippen LogP contribution in [0.5, 0.6) is 5.75 Å². The van der Waals surface area contributed by atoms with E-state index in [0.717, 1.165) is 5.69 Å². The van der Waals surface area contributed by atoms with Gasteiger partial charge in [0.25, 0.3) is 5.91 Å². The Labute approximate surface area is 114 Å². The van der Waals surface area contributed by atoms with Crippen molar-refractivity contribution in [2.75, 3.05) is 32.1 Å². The minimum absolute atomic E-state index is 0.00207. The van der Waals surface area contributed by atoms with E-state index in [1.807, 2.05) is 32.0 Å².